The Bertz CT molecular complexity index is 460. The maximum Gasteiger partial charge on any atom is 0.328 e. The van der Waals surface area contributed by atoms with Crippen molar-refractivity contribution in [2.45, 2.75) is 38.8 Å². The number of methoxy groups -OCH3 is 1. The lowest BCUT2D eigenvalue weighted by Crippen LogP contribution is -2.69. The first-order valence-electron chi connectivity index (χ1n) is 7.19. The number of quaternary nitrogens is 1. The van der Waals surface area contributed by atoms with Crippen LogP contribution in [0.25, 0.3) is 0 Å². The van der Waals surface area contributed by atoms with E-state index in [1.54, 1.807) is 0 Å². The van der Waals surface area contributed by atoms with Crippen LogP contribution in [0.15, 0.2) is 30.3 Å². The van der Waals surface area contributed by atoms with Crippen LogP contribution >= 0.6 is 0 Å². The van der Waals surface area contributed by atoms with Crippen molar-refractivity contribution in [2.75, 3.05) is 7.11 Å². The monoisotopic (exact) mass is 293 g/mol. The molecule has 1 aromatic carbocycles. The number of benzene rings is 1. The molecule has 0 spiro atoms. The highest BCUT2D eigenvalue weighted by atomic mass is 16.5. The SMILES string of the molecule is COC(=O)[C@@H](Cc1ccccc1)NC(=O)[C@H]([NH3+])CC(C)C. The van der Waals surface area contributed by atoms with Crippen LogP contribution in [0.5, 0.6) is 0 Å². The fourth-order valence-electron chi connectivity index (χ4n) is 2.15. The van der Waals surface area contributed by atoms with Gasteiger partial charge in [0.25, 0.3) is 5.91 Å². The fraction of sp³-hybridized carbons (Fsp3) is 0.500. The molecule has 5 nitrogen and oxygen atoms in total. The van der Waals surface area contributed by atoms with Crippen molar-refractivity contribution in [3.8, 4) is 0 Å². The molecule has 1 rings (SSSR count). The third-order valence-corrected chi connectivity index (χ3v) is 3.21. The maximum absolute atomic E-state index is 12.1. The molecule has 0 unspecified atom stereocenters. The van der Waals surface area contributed by atoms with Crippen molar-refractivity contribution < 1.29 is 20.1 Å². The van der Waals surface area contributed by atoms with Crippen LogP contribution in [0, 0.1) is 5.92 Å². The predicted molar refractivity (Wildman–Crippen MR) is 80.2 cm³/mol. The third-order valence-electron chi connectivity index (χ3n) is 3.21. The van der Waals surface area contributed by atoms with Gasteiger partial charge in [-0.05, 0) is 11.5 Å². The maximum atomic E-state index is 12.1. The van der Waals surface area contributed by atoms with E-state index >= 15 is 0 Å². The van der Waals surface area contributed by atoms with Crippen LogP contribution in [0.1, 0.15) is 25.8 Å². The number of esters is 1. The first-order chi connectivity index (χ1) is 9.93. The van der Waals surface area contributed by atoms with Gasteiger partial charge in [-0.25, -0.2) is 4.79 Å². The molecule has 1 amide bonds. The number of nitrogens with one attached hydrogen (secondary N) is 1. The van der Waals surface area contributed by atoms with E-state index in [2.05, 4.69) is 11.1 Å². The van der Waals surface area contributed by atoms with Crippen molar-refractivity contribution in [1.82, 2.24) is 5.32 Å². The van der Waals surface area contributed by atoms with Crippen LogP contribution in [-0.2, 0) is 20.7 Å². The van der Waals surface area contributed by atoms with Gasteiger partial charge in [0.2, 0.25) is 0 Å². The molecule has 1 aromatic rings. The number of amides is 1. The molecule has 0 aliphatic carbocycles. The summed E-state index contributed by atoms with van der Waals surface area (Å²) in [7, 11) is 1.32. The molecule has 0 aliphatic heterocycles. The summed E-state index contributed by atoms with van der Waals surface area (Å²) in [5.41, 5.74) is 4.83. The van der Waals surface area contributed by atoms with Crippen LogP contribution in [0.2, 0.25) is 0 Å². The van der Waals surface area contributed by atoms with E-state index in [0.29, 0.717) is 18.8 Å². The molecule has 0 saturated carbocycles. The van der Waals surface area contributed by atoms with Crippen molar-refractivity contribution in [1.29, 1.82) is 0 Å². The quantitative estimate of drug-likeness (QED) is 0.720. The van der Waals surface area contributed by atoms with Gasteiger partial charge < -0.3 is 15.8 Å². The minimum Gasteiger partial charge on any atom is -0.467 e. The number of hydrogen-bond acceptors (Lipinski definition) is 3. The predicted octanol–water partition coefficient (Wildman–Crippen LogP) is 0.544. The van der Waals surface area contributed by atoms with E-state index < -0.39 is 12.0 Å². The normalized spacial score (nSPS) is 13.6. The van der Waals surface area contributed by atoms with E-state index in [0.717, 1.165) is 5.56 Å². The van der Waals surface area contributed by atoms with Crippen LogP contribution < -0.4 is 11.1 Å². The number of carbonyl (C=O) groups excluding carboxylic acids is 2. The second-order valence-corrected chi connectivity index (χ2v) is 5.60. The molecule has 5 heteroatoms. The lowest BCUT2D eigenvalue weighted by Gasteiger charge is -2.18. The summed E-state index contributed by atoms with van der Waals surface area (Å²) in [6.45, 7) is 4.07. The van der Waals surface area contributed by atoms with Crippen molar-refractivity contribution in [3.63, 3.8) is 0 Å². The summed E-state index contributed by atoms with van der Waals surface area (Å²) < 4.78 is 4.77. The number of hydrogen-bond donors (Lipinski definition) is 2. The van der Waals surface area contributed by atoms with Crippen LogP contribution in [0.3, 0.4) is 0 Å². The van der Waals surface area contributed by atoms with E-state index in [1.807, 2.05) is 44.2 Å². The molecule has 2 atom stereocenters. The second kappa shape index (κ2) is 8.42. The zero-order valence-electron chi connectivity index (χ0n) is 13.0. The number of rotatable bonds is 7. The van der Waals surface area contributed by atoms with Gasteiger partial charge in [-0.15, -0.1) is 0 Å². The zero-order chi connectivity index (χ0) is 15.8. The van der Waals surface area contributed by atoms with Gasteiger partial charge in [0, 0.05) is 12.8 Å². The number of carbonyl (C=O) groups is 2. The molecule has 0 radical (unpaired) electrons. The van der Waals surface area contributed by atoms with Crippen molar-refractivity contribution in [2.24, 2.45) is 5.92 Å². The Balaban J connectivity index is 2.70. The standard InChI is InChI=1S/C16H24N2O3/c1-11(2)9-13(17)15(19)18-14(16(20)21-3)10-12-7-5-4-6-8-12/h4-8,11,13-14H,9-10,17H2,1-3H3,(H,18,19)/p+1/t13-,14-/m1/s1. The minimum absolute atomic E-state index is 0.213. The summed E-state index contributed by atoms with van der Waals surface area (Å²) in [4.78, 5) is 24.0. The average Bonchev–Trinajstić information content (AvgIpc) is 2.46. The van der Waals surface area contributed by atoms with Gasteiger partial charge in [0.05, 0.1) is 7.11 Å². The van der Waals surface area contributed by atoms with Gasteiger partial charge >= 0.3 is 5.97 Å². The van der Waals surface area contributed by atoms with E-state index in [4.69, 9.17) is 4.74 Å². The summed E-state index contributed by atoms with van der Waals surface area (Å²) in [6, 6.07) is 8.48. The molecule has 0 heterocycles. The topological polar surface area (TPSA) is 83.0 Å². The summed E-state index contributed by atoms with van der Waals surface area (Å²) in [5.74, 6) is -0.275. The Kier molecular flexibility index (Phi) is 6.88. The van der Waals surface area contributed by atoms with E-state index in [1.165, 1.54) is 7.11 Å². The van der Waals surface area contributed by atoms with Gasteiger partial charge in [0.1, 0.15) is 6.04 Å². The molecule has 0 aliphatic rings. The second-order valence-electron chi connectivity index (χ2n) is 5.60. The highest BCUT2D eigenvalue weighted by molar-refractivity contribution is 5.86. The Hall–Kier alpha value is -1.88. The molecule has 4 N–H and O–H groups in total. The van der Waals surface area contributed by atoms with Gasteiger partial charge in [-0.1, -0.05) is 44.2 Å². The van der Waals surface area contributed by atoms with Crippen LogP contribution in [0.4, 0.5) is 0 Å². The Morgan fingerprint density at radius 1 is 1.24 bits per heavy atom. The number of ether oxygens (including phenoxy) is 1. The molecule has 0 aromatic heterocycles. The van der Waals surface area contributed by atoms with Gasteiger partial charge in [0.15, 0.2) is 6.04 Å². The fourth-order valence-corrected chi connectivity index (χ4v) is 2.15. The Morgan fingerprint density at radius 3 is 2.38 bits per heavy atom. The molecule has 0 fully saturated rings. The third kappa shape index (κ3) is 5.95. The Morgan fingerprint density at radius 2 is 1.86 bits per heavy atom. The molecule has 116 valence electrons. The van der Waals surface area contributed by atoms with Gasteiger partial charge in [-0.3, -0.25) is 4.79 Å². The molecule has 0 bridgehead atoms. The lowest BCUT2D eigenvalue weighted by molar-refractivity contribution is -0.406. The van der Waals surface area contributed by atoms with E-state index in [-0.39, 0.29) is 11.9 Å². The summed E-state index contributed by atoms with van der Waals surface area (Å²) in [5, 5.41) is 2.75. The molecular weight excluding hydrogens is 268 g/mol. The molecule has 0 saturated heterocycles. The van der Waals surface area contributed by atoms with Gasteiger partial charge in [-0.2, -0.15) is 0 Å². The van der Waals surface area contributed by atoms with Crippen LogP contribution in [-0.4, -0.2) is 31.1 Å². The molecule has 21 heavy (non-hydrogen) atoms. The van der Waals surface area contributed by atoms with Crippen molar-refractivity contribution in [3.05, 3.63) is 35.9 Å². The minimum atomic E-state index is -0.679. The first-order valence-corrected chi connectivity index (χ1v) is 7.19. The van der Waals surface area contributed by atoms with Crippen molar-refractivity contribution >= 4 is 11.9 Å². The first kappa shape index (κ1) is 17.2. The zero-order valence-corrected chi connectivity index (χ0v) is 13.0. The van der Waals surface area contributed by atoms with E-state index in [9.17, 15) is 9.59 Å². The Labute approximate surface area is 125 Å². The highest BCUT2D eigenvalue weighted by Gasteiger charge is 2.26. The largest absolute Gasteiger partial charge is 0.467 e. The average molecular weight is 293 g/mol. The highest BCUT2D eigenvalue weighted by Crippen LogP contribution is 2.06. The summed E-state index contributed by atoms with van der Waals surface area (Å²) >= 11 is 0. The molecular formula is C16H25N2O3+. The summed E-state index contributed by atoms with van der Waals surface area (Å²) in [6.07, 6.45) is 1.10. The lowest BCUT2D eigenvalue weighted by atomic mass is 10.0. The smallest absolute Gasteiger partial charge is 0.328 e.